The van der Waals surface area contributed by atoms with Crippen molar-refractivity contribution in [3.8, 4) is 0 Å². The Morgan fingerprint density at radius 2 is 2.00 bits per heavy atom. The predicted molar refractivity (Wildman–Crippen MR) is 57.1 cm³/mol. The molecule has 0 bridgehead atoms. The molecule has 0 aromatic rings. The Morgan fingerprint density at radius 3 is 2.50 bits per heavy atom. The van der Waals surface area contributed by atoms with Crippen LogP contribution in [0, 0.1) is 0 Å². The third-order valence-electron chi connectivity index (χ3n) is 2.86. The molecule has 1 rings (SSSR count). The van der Waals surface area contributed by atoms with E-state index in [0.29, 0.717) is 13.1 Å². The molecule has 1 aliphatic carbocycles. The average Bonchev–Trinajstić information content (AvgIpc) is 2.53. The molecule has 0 amide bonds. The van der Waals surface area contributed by atoms with E-state index in [1.807, 2.05) is 6.08 Å². The Balaban J connectivity index is 2.40. The zero-order valence-electron chi connectivity index (χ0n) is 8.78. The lowest BCUT2D eigenvalue weighted by molar-refractivity contribution is 0.00889. The van der Waals surface area contributed by atoms with Crippen molar-refractivity contribution in [3.63, 3.8) is 0 Å². The zero-order chi connectivity index (χ0) is 10.4. The SMILES string of the molecule is C=CCN(CCO)CC1(O)CCCC1. The number of nitrogens with zero attached hydrogens (tertiary/aromatic N) is 1. The number of aliphatic hydroxyl groups excluding tert-OH is 1. The molecule has 0 aliphatic heterocycles. The Kier molecular flexibility index (Phi) is 4.58. The van der Waals surface area contributed by atoms with Crippen molar-refractivity contribution >= 4 is 0 Å². The van der Waals surface area contributed by atoms with Crippen LogP contribution >= 0.6 is 0 Å². The minimum absolute atomic E-state index is 0.143. The van der Waals surface area contributed by atoms with Crippen LogP contribution in [0.5, 0.6) is 0 Å². The Bertz CT molecular complexity index is 176. The summed E-state index contributed by atoms with van der Waals surface area (Å²) in [5.74, 6) is 0. The fourth-order valence-corrected chi connectivity index (χ4v) is 2.17. The van der Waals surface area contributed by atoms with Crippen LogP contribution in [-0.2, 0) is 0 Å². The van der Waals surface area contributed by atoms with Crippen LogP contribution < -0.4 is 0 Å². The zero-order valence-corrected chi connectivity index (χ0v) is 8.78. The Labute approximate surface area is 86.0 Å². The van der Waals surface area contributed by atoms with E-state index in [2.05, 4.69) is 11.5 Å². The van der Waals surface area contributed by atoms with E-state index in [-0.39, 0.29) is 6.61 Å². The molecule has 0 unspecified atom stereocenters. The second-order valence-corrected chi connectivity index (χ2v) is 4.18. The van der Waals surface area contributed by atoms with E-state index in [0.717, 1.165) is 32.2 Å². The minimum Gasteiger partial charge on any atom is -0.395 e. The van der Waals surface area contributed by atoms with Gasteiger partial charge < -0.3 is 10.2 Å². The summed E-state index contributed by atoms with van der Waals surface area (Å²) in [7, 11) is 0. The Morgan fingerprint density at radius 1 is 1.36 bits per heavy atom. The summed E-state index contributed by atoms with van der Waals surface area (Å²) < 4.78 is 0. The molecular formula is C11H21NO2. The molecule has 3 nitrogen and oxygen atoms in total. The van der Waals surface area contributed by atoms with Gasteiger partial charge in [0.25, 0.3) is 0 Å². The number of aliphatic hydroxyl groups is 2. The van der Waals surface area contributed by atoms with Gasteiger partial charge in [-0.3, -0.25) is 4.90 Å². The number of hydrogen-bond acceptors (Lipinski definition) is 3. The highest BCUT2D eigenvalue weighted by Crippen LogP contribution is 2.29. The summed E-state index contributed by atoms with van der Waals surface area (Å²) in [5, 5.41) is 19.0. The first-order valence-electron chi connectivity index (χ1n) is 5.37. The molecule has 0 atom stereocenters. The van der Waals surface area contributed by atoms with Crippen LogP contribution in [0.2, 0.25) is 0 Å². The van der Waals surface area contributed by atoms with Crippen molar-refractivity contribution in [1.82, 2.24) is 4.90 Å². The van der Waals surface area contributed by atoms with E-state index in [4.69, 9.17) is 5.11 Å². The third-order valence-corrected chi connectivity index (χ3v) is 2.86. The molecule has 0 radical (unpaired) electrons. The summed E-state index contributed by atoms with van der Waals surface area (Å²) in [5.41, 5.74) is -0.516. The summed E-state index contributed by atoms with van der Waals surface area (Å²) in [4.78, 5) is 2.05. The smallest absolute Gasteiger partial charge is 0.0774 e. The Hall–Kier alpha value is -0.380. The first-order chi connectivity index (χ1) is 6.70. The summed E-state index contributed by atoms with van der Waals surface area (Å²) in [6.07, 6.45) is 5.85. The van der Waals surface area contributed by atoms with Crippen LogP contribution in [0.3, 0.4) is 0 Å². The van der Waals surface area contributed by atoms with Crippen molar-refractivity contribution in [3.05, 3.63) is 12.7 Å². The number of hydrogen-bond donors (Lipinski definition) is 2. The molecule has 14 heavy (non-hydrogen) atoms. The molecule has 0 saturated heterocycles. The van der Waals surface area contributed by atoms with Crippen LogP contribution in [-0.4, -0.2) is 47.0 Å². The lowest BCUT2D eigenvalue weighted by atomic mass is 10.0. The largest absolute Gasteiger partial charge is 0.395 e. The van der Waals surface area contributed by atoms with Gasteiger partial charge in [-0.1, -0.05) is 18.9 Å². The van der Waals surface area contributed by atoms with E-state index >= 15 is 0 Å². The summed E-state index contributed by atoms with van der Waals surface area (Å²) in [6.45, 7) is 5.84. The monoisotopic (exact) mass is 199 g/mol. The van der Waals surface area contributed by atoms with E-state index < -0.39 is 5.60 Å². The highest BCUT2D eigenvalue weighted by molar-refractivity contribution is 4.88. The van der Waals surface area contributed by atoms with Gasteiger partial charge in [0.05, 0.1) is 12.2 Å². The highest BCUT2D eigenvalue weighted by Gasteiger charge is 2.32. The molecule has 0 aromatic carbocycles. The minimum atomic E-state index is -0.516. The van der Waals surface area contributed by atoms with E-state index in [1.54, 1.807) is 0 Å². The molecule has 0 aromatic heterocycles. The molecule has 0 spiro atoms. The maximum Gasteiger partial charge on any atom is 0.0774 e. The van der Waals surface area contributed by atoms with Gasteiger partial charge in [0.2, 0.25) is 0 Å². The molecule has 1 aliphatic rings. The summed E-state index contributed by atoms with van der Waals surface area (Å²) in [6, 6.07) is 0. The van der Waals surface area contributed by atoms with Gasteiger partial charge in [0.1, 0.15) is 0 Å². The second-order valence-electron chi connectivity index (χ2n) is 4.18. The topological polar surface area (TPSA) is 43.7 Å². The first kappa shape index (κ1) is 11.7. The van der Waals surface area contributed by atoms with Gasteiger partial charge in [-0.2, -0.15) is 0 Å². The molecule has 1 saturated carbocycles. The fraction of sp³-hybridized carbons (Fsp3) is 0.818. The maximum absolute atomic E-state index is 10.2. The van der Waals surface area contributed by atoms with Gasteiger partial charge in [-0.05, 0) is 12.8 Å². The van der Waals surface area contributed by atoms with Crippen molar-refractivity contribution < 1.29 is 10.2 Å². The van der Waals surface area contributed by atoms with Crippen LogP contribution in [0.4, 0.5) is 0 Å². The quantitative estimate of drug-likeness (QED) is 0.621. The fourth-order valence-electron chi connectivity index (χ4n) is 2.17. The molecule has 1 fully saturated rings. The van der Waals surface area contributed by atoms with Gasteiger partial charge in [-0.15, -0.1) is 6.58 Å². The van der Waals surface area contributed by atoms with Crippen molar-refractivity contribution in [2.45, 2.75) is 31.3 Å². The molecule has 3 heteroatoms. The van der Waals surface area contributed by atoms with Crippen molar-refractivity contribution in [2.24, 2.45) is 0 Å². The van der Waals surface area contributed by atoms with E-state index in [1.165, 1.54) is 0 Å². The molecule has 0 heterocycles. The molecule has 2 N–H and O–H groups in total. The lowest BCUT2D eigenvalue weighted by Crippen LogP contribution is -2.42. The average molecular weight is 199 g/mol. The van der Waals surface area contributed by atoms with Crippen molar-refractivity contribution in [2.75, 3.05) is 26.2 Å². The second kappa shape index (κ2) is 5.49. The molecular weight excluding hydrogens is 178 g/mol. The van der Waals surface area contributed by atoms with E-state index in [9.17, 15) is 5.11 Å². The van der Waals surface area contributed by atoms with Gasteiger partial charge >= 0.3 is 0 Å². The lowest BCUT2D eigenvalue weighted by Gasteiger charge is -2.30. The standard InChI is InChI=1S/C11H21NO2/c1-2-7-12(8-9-13)10-11(14)5-3-4-6-11/h2,13-14H,1,3-10H2. The summed E-state index contributed by atoms with van der Waals surface area (Å²) >= 11 is 0. The van der Waals surface area contributed by atoms with Crippen LogP contribution in [0.15, 0.2) is 12.7 Å². The predicted octanol–water partition coefficient (Wildman–Crippen LogP) is 0.772. The van der Waals surface area contributed by atoms with Crippen LogP contribution in [0.25, 0.3) is 0 Å². The maximum atomic E-state index is 10.2. The van der Waals surface area contributed by atoms with Gasteiger partial charge in [-0.25, -0.2) is 0 Å². The first-order valence-corrected chi connectivity index (χ1v) is 5.37. The third kappa shape index (κ3) is 3.40. The number of rotatable bonds is 6. The highest BCUT2D eigenvalue weighted by atomic mass is 16.3. The normalized spacial score (nSPS) is 20.2. The van der Waals surface area contributed by atoms with Crippen molar-refractivity contribution in [1.29, 1.82) is 0 Å². The van der Waals surface area contributed by atoms with Gasteiger partial charge in [0.15, 0.2) is 0 Å². The van der Waals surface area contributed by atoms with Gasteiger partial charge in [0, 0.05) is 19.6 Å². The molecule has 82 valence electrons. The van der Waals surface area contributed by atoms with Crippen LogP contribution in [0.1, 0.15) is 25.7 Å².